The Morgan fingerprint density at radius 2 is 1.71 bits per heavy atom. The maximum absolute atomic E-state index is 3.90. The molecule has 100 valence electrons. The fourth-order valence-corrected chi connectivity index (χ4v) is 3.29. The van der Waals surface area contributed by atoms with Crippen LogP contribution in [-0.4, -0.2) is 36.1 Å². The molecule has 2 aliphatic rings. The van der Waals surface area contributed by atoms with E-state index in [1.54, 1.807) is 0 Å². The first-order valence-electron chi connectivity index (χ1n) is 7.46. The first kappa shape index (κ1) is 13.4. The molecule has 2 fully saturated rings. The molecule has 1 N–H and O–H groups in total. The second kappa shape index (κ2) is 5.27. The SMILES string of the molecule is CC(C)N1CCC(NC2CCC(C)(C)CC2)C1. The molecule has 0 aromatic carbocycles. The van der Waals surface area contributed by atoms with E-state index >= 15 is 0 Å². The van der Waals surface area contributed by atoms with E-state index in [9.17, 15) is 0 Å². The summed E-state index contributed by atoms with van der Waals surface area (Å²) < 4.78 is 0. The number of hydrogen-bond donors (Lipinski definition) is 1. The van der Waals surface area contributed by atoms with Crippen molar-refractivity contribution in [3.8, 4) is 0 Å². The normalized spacial score (nSPS) is 31.2. The van der Waals surface area contributed by atoms with Gasteiger partial charge in [-0.2, -0.15) is 0 Å². The van der Waals surface area contributed by atoms with Crippen molar-refractivity contribution in [2.75, 3.05) is 13.1 Å². The lowest BCUT2D eigenvalue weighted by Crippen LogP contribution is -2.43. The molecule has 0 spiro atoms. The van der Waals surface area contributed by atoms with Gasteiger partial charge in [-0.25, -0.2) is 0 Å². The summed E-state index contributed by atoms with van der Waals surface area (Å²) >= 11 is 0. The zero-order valence-electron chi connectivity index (χ0n) is 12.1. The van der Waals surface area contributed by atoms with Crippen LogP contribution < -0.4 is 5.32 Å². The lowest BCUT2D eigenvalue weighted by atomic mass is 9.75. The molecule has 1 saturated carbocycles. The van der Waals surface area contributed by atoms with E-state index in [1.807, 2.05) is 0 Å². The van der Waals surface area contributed by atoms with Gasteiger partial charge in [-0.1, -0.05) is 13.8 Å². The minimum absolute atomic E-state index is 0.595. The van der Waals surface area contributed by atoms with E-state index in [4.69, 9.17) is 0 Å². The van der Waals surface area contributed by atoms with Crippen LogP contribution in [0.15, 0.2) is 0 Å². The standard InChI is InChI=1S/C15H30N2/c1-12(2)17-10-7-14(11-17)16-13-5-8-15(3,4)9-6-13/h12-14,16H,5-11H2,1-4H3. The Morgan fingerprint density at radius 3 is 2.24 bits per heavy atom. The lowest BCUT2D eigenvalue weighted by Gasteiger charge is -2.36. The molecule has 17 heavy (non-hydrogen) atoms. The van der Waals surface area contributed by atoms with E-state index in [-0.39, 0.29) is 0 Å². The molecule has 0 aromatic heterocycles. The molecule has 2 nitrogen and oxygen atoms in total. The van der Waals surface area contributed by atoms with Gasteiger partial charge in [0.2, 0.25) is 0 Å². The van der Waals surface area contributed by atoms with Crippen molar-refractivity contribution >= 4 is 0 Å². The Bertz CT molecular complexity index is 237. The first-order chi connectivity index (χ1) is 7.96. The first-order valence-corrected chi connectivity index (χ1v) is 7.46. The van der Waals surface area contributed by atoms with Gasteiger partial charge in [0.05, 0.1) is 0 Å². The van der Waals surface area contributed by atoms with E-state index < -0.39 is 0 Å². The quantitative estimate of drug-likeness (QED) is 0.813. The molecule has 0 aromatic rings. The van der Waals surface area contributed by atoms with Crippen LogP contribution in [0, 0.1) is 5.41 Å². The van der Waals surface area contributed by atoms with E-state index in [2.05, 4.69) is 37.9 Å². The molecule has 2 heteroatoms. The summed E-state index contributed by atoms with van der Waals surface area (Å²) in [6.07, 6.45) is 6.89. The van der Waals surface area contributed by atoms with Gasteiger partial charge in [0.15, 0.2) is 0 Å². The monoisotopic (exact) mass is 238 g/mol. The van der Waals surface area contributed by atoms with Gasteiger partial charge in [-0.3, -0.25) is 4.90 Å². The van der Waals surface area contributed by atoms with Gasteiger partial charge >= 0.3 is 0 Å². The van der Waals surface area contributed by atoms with Gasteiger partial charge in [-0.05, 0) is 57.9 Å². The van der Waals surface area contributed by atoms with Crippen LogP contribution in [0.2, 0.25) is 0 Å². The van der Waals surface area contributed by atoms with Gasteiger partial charge in [0, 0.05) is 24.7 Å². The second-order valence-corrected chi connectivity index (χ2v) is 7.18. The smallest absolute Gasteiger partial charge is 0.0209 e. The highest BCUT2D eigenvalue weighted by molar-refractivity contribution is 4.88. The van der Waals surface area contributed by atoms with Crippen LogP contribution in [0.4, 0.5) is 0 Å². The summed E-state index contributed by atoms with van der Waals surface area (Å²) in [5, 5.41) is 3.90. The van der Waals surface area contributed by atoms with Crippen molar-refractivity contribution < 1.29 is 0 Å². The Balaban J connectivity index is 1.72. The number of rotatable bonds is 3. The predicted molar refractivity (Wildman–Crippen MR) is 74.3 cm³/mol. The highest BCUT2D eigenvalue weighted by Crippen LogP contribution is 2.35. The summed E-state index contributed by atoms with van der Waals surface area (Å²) in [6.45, 7) is 12.0. The molecule has 0 bridgehead atoms. The zero-order chi connectivity index (χ0) is 12.5. The lowest BCUT2D eigenvalue weighted by molar-refractivity contribution is 0.195. The molecular weight excluding hydrogens is 208 g/mol. The van der Waals surface area contributed by atoms with Crippen molar-refractivity contribution in [3.05, 3.63) is 0 Å². The minimum atomic E-state index is 0.595. The fourth-order valence-electron chi connectivity index (χ4n) is 3.29. The van der Waals surface area contributed by atoms with Crippen LogP contribution in [0.25, 0.3) is 0 Å². The number of hydrogen-bond acceptors (Lipinski definition) is 2. The maximum atomic E-state index is 3.90. The van der Waals surface area contributed by atoms with E-state index in [1.165, 1.54) is 45.2 Å². The van der Waals surface area contributed by atoms with Gasteiger partial charge in [0.1, 0.15) is 0 Å². The number of likely N-dealkylation sites (tertiary alicyclic amines) is 1. The molecule has 1 aliphatic heterocycles. The Labute approximate surface area is 107 Å². The highest BCUT2D eigenvalue weighted by atomic mass is 15.2. The summed E-state index contributed by atoms with van der Waals surface area (Å²) in [5.41, 5.74) is 0.595. The van der Waals surface area contributed by atoms with Crippen LogP contribution >= 0.6 is 0 Å². The fraction of sp³-hybridized carbons (Fsp3) is 1.00. The maximum Gasteiger partial charge on any atom is 0.0209 e. The van der Waals surface area contributed by atoms with Crippen molar-refractivity contribution in [2.45, 2.75) is 77.9 Å². The summed E-state index contributed by atoms with van der Waals surface area (Å²) in [7, 11) is 0. The highest BCUT2D eigenvalue weighted by Gasteiger charge is 2.30. The third-order valence-electron chi connectivity index (χ3n) is 4.76. The van der Waals surface area contributed by atoms with Crippen LogP contribution in [0.1, 0.15) is 59.8 Å². The molecule has 1 aliphatic carbocycles. The van der Waals surface area contributed by atoms with Crippen LogP contribution in [-0.2, 0) is 0 Å². The molecule has 1 atom stereocenters. The molecule has 0 radical (unpaired) electrons. The Kier molecular flexibility index (Phi) is 4.14. The van der Waals surface area contributed by atoms with Gasteiger partial charge in [0.25, 0.3) is 0 Å². The Hall–Kier alpha value is -0.0800. The third-order valence-corrected chi connectivity index (χ3v) is 4.76. The minimum Gasteiger partial charge on any atom is -0.310 e. The number of nitrogens with zero attached hydrogens (tertiary/aromatic N) is 1. The molecule has 2 rings (SSSR count). The zero-order valence-corrected chi connectivity index (χ0v) is 12.1. The molecular formula is C15H30N2. The van der Waals surface area contributed by atoms with Crippen molar-refractivity contribution in [1.29, 1.82) is 0 Å². The molecule has 1 unspecified atom stereocenters. The molecule has 1 saturated heterocycles. The third kappa shape index (κ3) is 3.69. The summed E-state index contributed by atoms with van der Waals surface area (Å²) in [5.74, 6) is 0. The number of nitrogens with one attached hydrogen (secondary N) is 1. The van der Waals surface area contributed by atoms with Crippen molar-refractivity contribution in [2.24, 2.45) is 5.41 Å². The van der Waals surface area contributed by atoms with E-state index in [0.717, 1.165) is 12.1 Å². The summed E-state index contributed by atoms with van der Waals surface area (Å²) in [4.78, 5) is 2.60. The topological polar surface area (TPSA) is 15.3 Å². The van der Waals surface area contributed by atoms with Crippen molar-refractivity contribution in [1.82, 2.24) is 10.2 Å². The van der Waals surface area contributed by atoms with Crippen molar-refractivity contribution in [3.63, 3.8) is 0 Å². The van der Waals surface area contributed by atoms with Crippen LogP contribution in [0.5, 0.6) is 0 Å². The Morgan fingerprint density at radius 1 is 1.06 bits per heavy atom. The van der Waals surface area contributed by atoms with E-state index in [0.29, 0.717) is 11.5 Å². The predicted octanol–water partition coefficient (Wildman–Crippen LogP) is 3.03. The van der Waals surface area contributed by atoms with Gasteiger partial charge in [-0.15, -0.1) is 0 Å². The average Bonchev–Trinajstić information content (AvgIpc) is 2.70. The largest absolute Gasteiger partial charge is 0.310 e. The molecule has 0 amide bonds. The van der Waals surface area contributed by atoms with Crippen LogP contribution in [0.3, 0.4) is 0 Å². The summed E-state index contributed by atoms with van der Waals surface area (Å²) in [6, 6.07) is 2.26. The van der Waals surface area contributed by atoms with Gasteiger partial charge < -0.3 is 5.32 Å². The molecule has 1 heterocycles. The average molecular weight is 238 g/mol. The second-order valence-electron chi connectivity index (χ2n) is 7.18.